The highest BCUT2D eigenvalue weighted by Crippen LogP contribution is 2.26. The van der Waals surface area contributed by atoms with Crippen molar-refractivity contribution in [2.24, 2.45) is 0 Å². The predicted molar refractivity (Wildman–Crippen MR) is 91.4 cm³/mol. The largest absolute Gasteiger partial charge is 0.462 e. The Morgan fingerprint density at radius 2 is 1.78 bits per heavy atom. The summed E-state index contributed by atoms with van der Waals surface area (Å²) in [6, 6.07) is 11.3. The maximum Gasteiger partial charge on any atom is 0.338 e. The molecule has 2 aromatic carbocycles. The van der Waals surface area contributed by atoms with Gasteiger partial charge in [-0.1, -0.05) is 36.2 Å². The van der Waals surface area contributed by atoms with Gasteiger partial charge in [0.05, 0.1) is 27.8 Å². The first kappa shape index (κ1) is 17.3. The van der Waals surface area contributed by atoms with E-state index in [0.29, 0.717) is 22.9 Å². The minimum absolute atomic E-state index is 0.200. The van der Waals surface area contributed by atoms with Gasteiger partial charge in [0.25, 0.3) is 5.91 Å². The monoisotopic (exact) mass is 351 g/mol. The van der Waals surface area contributed by atoms with Crippen molar-refractivity contribution in [3.8, 4) is 0 Å². The van der Waals surface area contributed by atoms with Gasteiger partial charge in [0, 0.05) is 5.69 Å². The summed E-state index contributed by atoms with van der Waals surface area (Å²) in [7, 11) is 0. The highest BCUT2D eigenvalue weighted by atomic mass is 35.5. The zero-order valence-electron chi connectivity index (χ0n) is 12.4. The first-order chi connectivity index (χ1) is 11.0. The fourth-order valence-electron chi connectivity index (χ4n) is 1.85. The van der Waals surface area contributed by atoms with Crippen LogP contribution in [-0.4, -0.2) is 18.5 Å². The van der Waals surface area contributed by atoms with E-state index in [-0.39, 0.29) is 22.5 Å². The number of carbonyl (C=O) groups excluding carboxylic acids is 2. The number of anilines is 1. The lowest BCUT2D eigenvalue weighted by Gasteiger charge is -2.08. The zero-order valence-corrected chi connectivity index (χ0v) is 13.9. The van der Waals surface area contributed by atoms with Gasteiger partial charge in [-0.15, -0.1) is 0 Å². The predicted octanol–water partition coefficient (Wildman–Crippen LogP) is 4.81. The lowest BCUT2D eigenvalue weighted by molar-refractivity contribution is 0.0505. The molecule has 1 N–H and O–H groups in total. The molecular formula is C17H15Cl2NO3. The number of hydrogen-bond acceptors (Lipinski definition) is 3. The summed E-state index contributed by atoms with van der Waals surface area (Å²) >= 11 is 11.9. The van der Waals surface area contributed by atoms with E-state index in [0.717, 1.165) is 6.42 Å². The Kier molecular flexibility index (Phi) is 6.02. The molecule has 1 amide bonds. The summed E-state index contributed by atoms with van der Waals surface area (Å²) in [5, 5.41) is 3.22. The fraction of sp³-hybridized carbons (Fsp3) is 0.176. The second kappa shape index (κ2) is 7.99. The van der Waals surface area contributed by atoms with E-state index < -0.39 is 0 Å². The summed E-state index contributed by atoms with van der Waals surface area (Å²) in [4.78, 5) is 23.9. The van der Waals surface area contributed by atoms with Crippen molar-refractivity contribution in [3.05, 3.63) is 63.6 Å². The molecule has 0 aliphatic heterocycles. The number of benzene rings is 2. The number of halogens is 2. The van der Waals surface area contributed by atoms with Gasteiger partial charge in [-0.25, -0.2) is 4.79 Å². The van der Waals surface area contributed by atoms with E-state index in [4.69, 9.17) is 27.9 Å². The van der Waals surface area contributed by atoms with E-state index in [2.05, 4.69) is 5.32 Å². The van der Waals surface area contributed by atoms with Gasteiger partial charge in [-0.2, -0.15) is 0 Å². The quantitative estimate of drug-likeness (QED) is 0.786. The third kappa shape index (κ3) is 4.47. The van der Waals surface area contributed by atoms with Crippen LogP contribution in [0.25, 0.3) is 0 Å². The average molecular weight is 352 g/mol. The number of ether oxygens (including phenoxy) is 1. The fourth-order valence-corrected chi connectivity index (χ4v) is 2.23. The standard InChI is InChI=1S/C17H15Cl2NO3/c1-2-10-23-17(22)11-6-8-12(9-7-11)20-16(21)13-4-3-5-14(18)15(13)19/h3-9H,2,10H2,1H3,(H,20,21). The number of carbonyl (C=O) groups is 2. The van der Waals surface area contributed by atoms with Crippen molar-refractivity contribution >= 4 is 40.8 Å². The number of amides is 1. The topological polar surface area (TPSA) is 55.4 Å². The average Bonchev–Trinajstić information content (AvgIpc) is 2.55. The number of esters is 1. The second-order valence-corrected chi connectivity index (χ2v) is 5.55. The molecule has 0 unspecified atom stereocenters. The number of nitrogens with one attached hydrogen (secondary N) is 1. The maximum absolute atomic E-state index is 12.2. The number of hydrogen-bond donors (Lipinski definition) is 1. The van der Waals surface area contributed by atoms with Gasteiger partial charge in [-0.3, -0.25) is 4.79 Å². The summed E-state index contributed by atoms with van der Waals surface area (Å²) in [5.41, 5.74) is 1.25. The lowest BCUT2D eigenvalue weighted by atomic mass is 10.2. The van der Waals surface area contributed by atoms with Gasteiger partial charge >= 0.3 is 5.97 Å². The van der Waals surface area contributed by atoms with Gasteiger partial charge in [-0.05, 0) is 42.8 Å². The molecule has 0 fully saturated rings. The van der Waals surface area contributed by atoms with Gasteiger partial charge in [0.15, 0.2) is 0 Å². The summed E-state index contributed by atoms with van der Waals surface area (Å²) in [5.74, 6) is -0.763. The van der Waals surface area contributed by atoms with Crippen LogP contribution < -0.4 is 5.32 Å². The molecule has 0 aromatic heterocycles. The van der Waals surface area contributed by atoms with E-state index in [9.17, 15) is 9.59 Å². The van der Waals surface area contributed by atoms with Gasteiger partial charge in [0.1, 0.15) is 0 Å². The Bertz CT molecular complexity index is 714. The highest BCUT2D eigenvalue weighted by Gasteiger charge is 2.13. The molecule has 120 valence electrons. The SMILES string of the molecule is CCCOC(=O)c1ccc(NC(=O)c2cccc(Cl)c2Cl)cc1. The van der Waals surface area contributed by atoms with Crippen LogP contribution >= 0.6 is 23.2 Å². The van der Waals surface area contributed by atoms with Crippen LogP contribution in [-0.2, 0) is 4.74 Å². The zero-order chi connectivity index (χ0) is 16.8. The van der Waals surface area contributed by atoms with Crippen LogP contribution in [0.4, 0.5) is 5.69 Å². The maximum atomic E-state index is 12.2. The summed E-state index contributed by atoms with van der Waals surface area (Å²) < 4.78 is 5.04. The first-order valence-corrected chi connectivity index (χ1v) is 7.81. The van der Waals surface area contributed by atoms with E-state index in [1.54, 1.807) is 42.5 Å². The Morgan fingerprint density at radius 3 is 2.43 bits per heavy atom. The third-order valence-electron chi connectivity index (χ3n) is 3.01. The Balaban J connectivity index is 2.07. The van der Waals surface area contributed by atoms with Crippen LogP contribution in [0.3, 0.4) is 0 Å². The molecule has 23 heavy (non-hydrogen) atoms. The highest BCUT2D eigenvalue weighted by molar-refractivity contribution is 6.44. The van der Waals surface area contributed by atoms with Gasteiger partial charge in [0.2, 0.25) is 0 Å². The molecule has 0 saturated heterocycles. The molecule has 0 saturated carbocycles. The number of rotatable bonds is 5. The van der Waals surface area contributed by atoms with E-state index in [1.807, 2.05) is 6.92 Å². The normalized spacial score (nSPS) is 10.2. The van der Waals surface area contributed by atoms with Crippen molar-refractivity contribution in [3.63, 3.8) is 0 Å². The Hall–Kier alpha value is -2.04. The summed E-state index contributed by atoms with van der Waals surface area (Å²) in [6.07, 6.45) is 0.764. The minimum atomic E-state index is -0.386. The molecule has 0 atom stereocenters. The smallest absolute Gasteiger partial charge is 0.338 e. The van der Waals surface area contributed by atoms with Crippen molar-refractivity contribution in [1.82, 2.24) is 0 Å². The summed E-state index contributed by atoms with van der Waals surface area (Å²) in [6.45, 7) is 2.30. The molecule has 0 aliphatic rings. The molecule has 0 heterocycles. The van der Waals surface area contributed by atoms with Gasteiger partial charge < -0.3 is 10.1 Å². The molecule has 0 aliphatic carbocycles. The third-order valence-corrected chi connectivity index (χ3v) is 3.83. The van der Waals surface area contributed by atoms with E-state index in [1.165, 1.54) is 0 Å². The molecule has 0 radical (unpaired) electrons. The minimum Gasteiger partial charge on any atom is -0.462 e. The molecule has 2 aromatic rings. The molecule has 2 rings (SSSR count). The molecule has 0 bridgehead atoms. The molecule has 6 heteroatoms. The Morgan fingerprint density at radius 1 is 1.09 bits per heavy atom. The molecule has 0 spiro atoms. The van der Waals surface area contributed by atoms with Crippen molar-refractivity contribution in [1.29, 1.82) is 0 Å². The van der Waals surface area contributed by atoms with Crippen LogP contribution in [0, 0.1) is 0 Å². The van der Waals surface area contributed by atoms with Crippen LogP contribution in [0.2, 0.25) is 10.0 Å². The van der Waals surface area contributed by atoms with Crippen molar-refractivity contribution < 1.29 is 14.3 Å². The van der Waals surface area contributed by atoms with Crippen LogP contribution in [0.5, 0.6) is 0 Å². The Labute approximate surface area is 144 Å². The second-order valence-electron chi connectivity index (χ2n) is 4.77. The van der Waals surface area contributed by atoms with Crippen molar-refractivity contribution in [2.45, 2.75) is 13.3 Å². The van der Waals surface area contributed by atoms with Crippen LogP contribution in [0.1, 0.15) is 34.1 Å². The molecular weight excluding hydrogens is 337 g/mol. The first-order valence-electron chi connectivity index (χ1n) is 7.05. The lowest BCUT2D eigenvalue weighted by Crippen LogP contribution is -2.13. The van der Waals surface area contributed by atoms with Crippen molar-refractivity contribution in [2.75, 3.05) is 11.9 Å². The molecule has 4 nitrogen and oxygen atoms in total. The van der Waals surface area contributed by atoms with Crippen LogP contribution in [0.15, 0.2) is 42.5 Å². The van der Waals surface area contributed by atoms with E-state index >= 15 is 0 Å².